The summed E-state index contributed by atoms with van der Waals surface area (Å²) in [5, 5.41) is 1.48. The van der Waals surface area contributed by atoms with Crippen molar-refractivity contribution in [2.24, 2.45) is 0 Å². The van der Waals surface area contributed by atoms with Crippen LogP contribution in [0.3, 0.4) is 0 Å². The van der Waals surface area contributed by atoms with Gasteiger partial charge >= 0.3 is 6.09 Å². The van der Waals surface area contributed by atoms with Crippen LogP contribution < -0.4 is 0 Å². The molecule has 1 aromatic heterocycles. The Labute approximate surface area is 92.2 Å². The highest BCUT2D eigenvalue weighted by atomic mass is 35.5. The number of para-hydroxylation sites is 1. The van der Waals surface area contributed by atoms with Gasteiger partial charge in [-0.3, -0.25) is 0 Å². The van der Waals surface area contributed by atoms with Gasteiger partial charge in [0.2, 0.25) is 0 Å². The third kappa shape index (κ3) is 1.49. The summed E-state index contributed by atoms with van der Waals surface area (Å²) in [5.41, 5.74) is 1.51. The molecule has 1 aromatic carbocycles. The van der Waals surface area contributed by atoms with E-state index >= 15 is 0 Å². The van der Waals surface area contributed by atoms with Crippen LogP contribution in [0.4, 0.5) is 4.79 Å². The summed E-state index contributed by atoms with van der Waals surface area (Å²) in [6.07, 6.45) is -0.421. The molecule has 4 heteroatoms. The van der Waals surface area contributed by atoms with Gasteiger partial charge in [0, 0.05) is 11.1 Å². The molecule has 78 valence electrons. The minimum Gasteiger partial charge on any atom is -0.452 e. The van der Waals surface area contributed by atoms with Crippen molar-refractivity contribution in [3.63, 3.8) is 0 Å². The molecule has 0 unspecified atom stereocenters. The van der Waals surface area contributed by atoms with E-state index in [1.807, 2.05) is 25.1 Å². The highest BCUT2D eigenvalue weighted by Crippen LogP contribution is 2.26. The largest absolute Gasteiger partial charge is 0.452 e. The van der Waals surface area contributed by atoms with E-state index in [0.29, 0.717) is 10.5 Å². The Bertz CT molecular complexity index is 531. The first kappa shape index (κ1) is 10.1. The number of hydrogen-bond donors (Lipinski definition) is 0. The molecular weight excluding hydrogens is 214 g/mol. The summed E-state index contributed by atoms with van der Waals surface area (Å²) in [4.78, 5) is 11.5. The molecule has 15 heavy (non-hydrogen) atoms. The molecule has 0 bridgehead atoms. The molecule has 0 aliphatic rings. The molecule has 1 heterocycles. The maximum atomic E-state index is 11.5. The fourth-order valence-electron chi connectivity index (χ4n) is 1.68. The SMILES string of the molecule is COC(=O)n1c(C)cc2cccc(Cl)c21. The minimum atomic E-state index is -0.421. The number of aryl methyl sites for hydroxylation is 1. The van der Waals surface area contributed by atoms with Crippen molar-refractivity contribution in [3.8, 4) is 0 Å². The monoisotopic (exact) mass is 223 g/mol. The predicted molar refractivity (Wildman–Crippen MR) is 59.5 cm³/mol. The van der Waals surface area contributed by atoms with Crippen molar-refractivity contribution < 1.29 is 9.53 Å². The lowest BCUT2D eigenvalue weighted by Crippen LogP contribution is -2.12. The lowest BCUT2D eigenvalue weighted by Gasteiger charge is -2.05. The summed E-state index contributed by atoms with van der Waals surface area (Å²) in [5.74, 6) is 0. The van der Waals surface area contributed by atoms with Gasteiger partial charge in [0.05, 0.1) is 17.6 Å². The van der Waals surface area contributed by atoms with Crippen LogP contribution in [0, 0.1) is 6.92 Å². The summed E-state index contributed by atoms with van der Waals surface area (Å²) >= 11 is 6.05. The molecule has 0 amide bonds. The van der Waals surface area contributed by atoms with E-state index < -0.39 is 6.09 Å². The van der Waals surface area contributed by atoms with Crippen molar-refractivity contribution >= 4 is 28.6 Å². The number of hydrogen-bond acceptors (Lipinski definition) is 2. The zero-order valence-corrected chi connectivity index (χ0v) is 9.21. The lowest BCUT2D eigenvalue weighted by atomic mass is 10.2. The van der Waals surface area contributed by atoms with Crippen LogP contribution in [0.1, 0.15) is 5.69 Å². The number of aromatic nitrogens is 1. The molecular formula is C11H10ClNO2. The van der Waals surface area contributed by atoms with Crippen molar-refractivity contribution in [2.75, 3.05) is 7.11 Å². The van der Waals surface area contributed by atoms with E-state index in [-0.39, 0.29) is 0 Å². The number of methoxy groups -OCH3 is 1. The first-order valence-corrected chi connectivity index (χ1v) is 4.88. The van der Waals surface area contributed by atoms with Gasteiger partial charge in [-0.15, -0.1) is 0 Å². The van der Waals surface area contributed by atoms with Crippen LogP contribution in [0.25, 0.3) is 10.9 Å². The molecule has 0 N–H and O–H groups in total. The quantitative estimate of drug-likeness (QED) is 0.687. The third-order valence-electron chi connectivity index (χ3n) is 2.32. The molecule has 0 radical (unpaired) electrons. The molecule has 0 aliphatic carbocycles. The van der Waals surface area contributed by atoms with E-state index in [2.05, 4.69) is 0 Å². The van der Waals surface area contributed by atoms with Crippen LogP contribution in [0.15, 0.2) is 24.3 Å². The van der Waals surface area contributed by atoms with Crippen LogP contribution in [0.5, 0.6) is 0 Å². The van der Waals surface area contributed by atoms with E-state index in [4.69, 9.17) is 16.3 Å². The van der Waals surface area contributed by atoms with E-state index in [0.717, 1.165) is 11.1 Å². The van der Waals surface area contributed by atoms with E-state index in [9.17, 15) is 4.79 Å². The normalized spacial score (nSPS) is 10.6. The van der Waals surface area contributed by atoms with Crippen molar-refractivity contribution in [3.05, 3.63) is 35.0 Å². The standard InChI is InChI=1S/C11H10ClNO2/c1-7-6-8-4-3-5-9(12)10(8)13(7)11(14)15-2/h3-6H,1-2H3. The second kappa shape index (κ2) is 3.59. The summed E-state index contributed by atoms with van der Waals surface area (Å²) in [7, 11) is 1.35. The number of rotatable bonds is 0. The van der Waals surface area contributed by atoms with Crippen molar-refractivity contribution in [1.29, 1.82) is 0 Å². The molecule has 2 rings (SSSR count). The Balaban J connectivity index is 2.82. The third-order valence-corrected chi connectivity index (χ3v) is 2.62. The van der Waals surface area contributed by atoms with E-state index in [1.54, 1.807) is 6.07 Å². The van der Waals surface area contributed by atoms with Gasteiger partial charge in [0.25, 0.3) is 0 Å². The van der Waals surface area contributed by atoms with Gasteiger partial charge in [0.1, 0.15) is 0 Å². The smallest absolute Gasteiger partial charge is 0.418 e. The number of halogens is 1. The fraction of sp³-hybridized carbons (Fsp3) is 0.182. The van der Waals surface area contributed by atoms with Gasteiger partial charge in [-0.25, -0.2) is 9.36 Å². The van der Waals surface area contributed by atoms with Gasteiger partial charge in [-0.1, -0.05) is 23.7 Å². The van der Waals surface area contributed by atoms with Crippen LogP contribution in [-0.2, 0) is 4.74 Å². The Morgan fingerprint density at radius 3 is 2.87 bits per heavy atom. The van der Waals surface area contributed by atoms with Crippen LogP contribution in [0.2, 0.25) is 5.02 Å². The van der Waals surface area contributed by atoms with Crippen molar-refractivity contribution in [1.82, 2.24) is 4.57 Å². The molecule has 0 saturated carbocycles. The number of fused-ring (bicyclic) bond motifs is 1. The second-order valence-corrected chi connectivity index (χ2v) is 3.68. The number of carbonyl (C=O) groups excluding carboxylic acids is 1. The maximum Gasteiger partial charge on any atom is 0.418 e. The zero-order chi connectivity index (χ0) is 11.0. The van der Waals surface area contributed by atoms with Gasteiger partial charge in [0.15, 0.2) is 0 Å². The minimum absolute atomic E-state index is 0.421. The predicted octanol–water partition coefficient (Wildman–Crippen LogP) is 3.22. The molecule has 2 aromatic rings. The maximum absolute atomic E-state index is 11.5. The van der Waals surface area contributed by atoms with Crippen LogP contribution >= 0.6 is 11.6 Å². The molecule has 3 nitrogen and oxygen atoms in total. The first-order valence-electron chi connectivity index (χ1n) is 4.50. The Morgan fingerprint density at radius 2 is 2.20 bits per heavy atom. The first-order chi connectivity index (χ1) is 7.15. The molecule has 0 spiro atoms. The summed E-state index contributed by atoms with van der Waals surface area (Å²) in [6, 6.07) is 7.42. The number of nitrogens with zero attached hydrogens (tertiary/aromatic N) is 1. The lowest BCUT2D eigenvalue weighted by molar-refractivity contribution is 0.173. The average Bonchev–Trinajstić information content (AvgIpc) is 2.55. The molecule has 0 fully saturated rings. The molecule has 0 aliphatic heterocycles. The number of ether oxygens (including phenoxy) is 1. The van der Waals surface area contributed by atoms with Gasteiger partial charge in [-0.2, -0.15) is 0 Å². The summed E-state index contributed by atoms with van der Waals surface area (Å²) in [6.45, 7) is 1.84. The number of benzene rings is 1. The Morgan fingerprint density at radius 1 is 1.47 bits per heavy atom. The second-order valence-electron chi connectivity index (χ2n) is 3.27. The topological polar surface area (TPSA) is 31.2 Å². The van der Waals surface area contributed by atoms with E-state index in [1.165, 1.54) is 11.7 Å². The van der Waals surface area contributed by atoms with Gasteiger partial charge < -0.3 is 4.74 Å². The highest BCUT2D eigenvalue weighted by Gasteiger charge is 2.14. The molecule has 0 saturated heterocycles. The van der Waals surface area contributed by atoms with Crippen LogP contribution in [-0.4, -0.2) is 17.8 Å². The van der Waals surface area contributed by atoms with Crippen molar-refractivity contribution in [2.45, 2.75) is 6.92 Å². The number of carbonyl (C=O) groups is 1. The Hall–Kier alpha value is -1.48. The fourth-order valence-corrected chi connectivity index (χ4v) is 1.94. The molecule has 0 atom stereocenters. The van der Waals surface area contributed by atoms with Gasteiger partial charge in [-0.05, 0) is 19.1 Å². The zero-order valence-electron chi connectivity index (χ0n) is 8.45. The summed E-state index contributed by atoms with van der Waals surface area (Å²) < 4.78 is 6.17. The Kier molecular flexibility index (Phi) is 2.40. The highest BCUT2D eigenvalue weighted by molar-refractivity contribution is 6.35. The average molecular weight is 224 g/mol.